The van der Waals surface area contributed by atoms with Gasteiger partial charge in [-0.15, -0.1) is 0 Å². The van der Waals surface area contributed by atoms with Crippen LogP contribution in [-0.2, 0) is 13.5 Å². The molecular formula is C25H21Cl2N3O3. The van der Waals surface area contributed by atoms with E-state index in [0.29, 0.717) is 46.2 Å². The van der Waals surface area contributed by atoms with E-state index in [2.05, 4.69) is 10.3 Å². The zero-order chi connectivity index (χ0) is 23.5. The fourth-order valence-electron chi connectivity index (χ4n) is 3.71. The summed E-state index contributed by atoms with van der Waals surface area (Å²) in [6, 6.07) is 16.3. The predicted octanol–water partition coefficient (Wildman–Crippen LogP) is 4.98. The lowest BCUT2D eigenvalue weighted by atomic mass is 10.0. The summed E-state index contributed by atoms with van der Waals surface area (Å²) in [6.07, 6.45) is 3.01. The Kier molecular flexibility index (Phi) is 6.67. The molecule has 0 aliphatic carbocycles. The van der Waals surface area contributed by atoms with Crippen molar-refractivity contribution in [2.45, 2.75) is 12.8 Å². The minimum atomic E-state index is -0.651. The van der Waals surface area contributed by atoms with E-state index in [-0.39, 0.29) is 5.56 Å². The Morgan fingerprint density at radius 2 is 1.88 bits per heavy atom. The molecule has 2 aromatic heterocycles. The summed E-state index contributed by atoms with van der Waals surface area (Å²) in [4.78, 5) is 29.9. The fraction of sp³-hybridized carbons (Fsp3) is 0.160. The smallest absolute Gasteiger partial charge is 0.293 e. The Bertz CT molecular complexity index is 1410. The van der Waals surface area contributed by atoms with E-state index in [4.69, 9.17) is 23.2 Å². The van der Waals surface area contributed by atoms with Crippen LogP contribution >= 0.6 is 23.2 Å². The first-order valence-electron chi connectivity index (χ1n) is 10.4. The summed E-state index contributed by atoms with van der Waals surface area (Å²) >= 11 is 12.0. The van der Waals surface area contributed by atoms with Crippen LogP contribution in [-0.4, -0.2) is 27.1 Å². The number of amides is 1. The molecule has 6 nitrogen and oxygen atoms in total. The van der Waals surface area contributed by atoms with Gasteiger partial charge in [-0.1, -0.05) is 53.5 Å². The minimum absolute atomic E-state index is 0.0735. The van der Waals surface area contributed by atoms with E-state index in [1.165, 1.54) is 10.6 Å². The Hall–Kier alpha value is -3.35. The van der Waals surface area contributed by atoms with Gasteiger partial charge in [-0.25, -0.2) is 0 Å². The summed E-state index contributed by atoms with van der Waals surface area (Å²) in [7, 11) is 1.55. The molecule has 0 bridgehead atoms. The SMILES string of the molecule is Cn1c(-c2cccc3cccnc23)cc(C(=O)NCCCc2ccc(Cl)c(Cl)c2)c(O)c1=O. The van der Waals surface area contributed by atoms with Gasteiger partial charge in [0.15, 0.2) is 5.75 Å². The van der Waals surface area contributed by atoms with Gasteiger partial charge in [0.05, 0.1) is 26.8 Å². The second-order valence-electron chi connectivity index (χ2n) is 7.64. The predicted molar refractivity (Wildman–Crippen MR) is 131 cm³/mol. The topological polar surface area (TPSA) is 84.2 Å². The first-order valence-corrected chi connectivity index (χ1v) is 11.1. The van der Waals surface area contributed by atoms with Crippen LogP contribution < -0.4 is 10.9 Å². The number of nitrogens with one attached hydrogen (secondary N) is 1. The number of aromatic hydroxyl groups is 1. The molecule has 2 N–H and O–H groups in total. The number of hydrogen-bond acceptors (Lipinski definition) is 4. The summed E-state index contributed by atoms with van der Waals surface area (Å²) in [5.74, 6) is -1.11. The van der Waals surface area contributed by atoms with Gasteiger partial charge in [0.25, 0.3) is 11.5 Å². The highest BCUT2D eigenvalue weighted by atomic mass is 35.5. The number of carbonyl (C=O) groups excluding carboxylic acids is 1. The number of aryl methyl sites for hydroxylation is 1. The maximum Gasteiger partial charge on any atom is 0.293 e. The van der Waals surface area contributed by atoms with Crippen molar-refractivity contribution in [3.05, 3.63) is 92.3 Å². The van der Waals surface area contributed by atoms with Crippen LogP contribution in [0.5, 0.6) is 5.75 Å². The van der Waals surface area contributed by atoms with E-state index in [0.717, 1.165) is 10.9 Å². The van der Waals surface area contributed by atoms with E-state index >= 15 is 0 Å². The summed E-state index contributed by atoms with van der Waals surface area (Å²) < 4.78 is 1.32. The van der Waals surface area contributed by atoms with E-state index in [1.807, 2.05) is 36.4 Å². The Labute approximate surface area is 200 Å². The summed E-state index contributed by atoms with van der Waals surface area (Å²) in [5.41, 5.74) is 2.16. The van der Waals surface area contributed by atoms with Crippen molar-refractivity contribution in [1.29, 1.82) is 0 Å². The number of halogens is 2. The van der Waals surface area contributed by atoms with E-state index < -0.39 is 17.2 Å². The number of nitrogens with zero attached hydrogens (tertiary/aromatic N) is 2. The van der Waals surface area contributed by atoms with E-state index in [9.17, 15) is 14.7 Å². The quantitative estimate of drug-likeness (QED) is 0.380. The molecule has 2 heterocycles. The lowest BCUT2D eigenvalue weighted by molar-refractivity contribution is 0.0950. The first kappa shape index (κ1) is 22.8. The molecule has 4 rings (SSSR count). The molecule has 0 saturated carbocycles. The molecule has 8 heteroatoms. The minimum Gasteiger partial charge on any atom is -0.502 e. The van der Waals surface area contributed by atoms with Crippen molar-refractivity contribution < 1.29 is 9.90 Å². The molecule has 0 atom stereocenters. The average Bonchev–Trinajstić information content (AvgIpc) is 2.82. The van der Waals surface area contributed by atoms with Gasteiger partial charge in [-0.05, 0) is 42.7 Å². The second-order valence-corrected chi connectivity index (χ2v) is 8.46. The average molecular weight is 482 g/mol. The zero-order valence-corrected chi connectivity index (χ0v) is 19.3. The molecule has 0 fully saturated rings. The van der Waals surface area contributed by atoms with Gasteiger partial charge in [0.1, 0.15) is 0 Å². The normalized spacial score (nSPS) is 11.0. The maximum atomic E-state index is 12.8. The highest BCUT2D eigenvalue weighted by molar-refractivity contribution is 6.42. The highest BCUT2D eigenvalue weighted by Gasteiger charge is 2.19. The third-order valence-corrected chi connectivity index (χ3v) is 6.21. The van der Waals surface area contributed by atoms with Crippen LogP contribution in [0, 0.1) is 0 Å². The largest absolute Gasteiger partial charge is 0.502 e. The van der Waals surface area contributed by atoms with Gasteiger partial charge in [0.2, 0.25) is 0 Å². The van der Waals surface area contributed by atoms with Gasteiger partial charge in [-0.2, -0.15) is 0 Å². The van der Waals surface area contributed by atoms with E-state index in [1.54, 1.807) is 25.4 Å². The first-order chi connectivity index (χ1) is 15.9. The molecule has 0 spiro atoms. The van der Waals surface area contributed by atoms with Gasteiger partial charge in [-0.3, -0.25) is 14.6 Å². The molecule has 2 aromatic carbocycles. The van der Waals surface area contributed by atoms with Gasteiger partial charge < -0.3 is 15.0 Å². The van der Waals surface area contributed by atoms with Gasteiger partial charge in [0, 0.05) is 30.7 Å². The summed E-state index contributed by atoms with van der Waals surface area (Å²) in [5, 5.41) is 15.0. The monoisotopic (exact) mass is 481 g/mol. The second kappa shape index (κ2) is 9.65. The Morgan fingerprint density at radius 3 is 2.67 bits per heavy atom. The number of carbonyl (C=O) groups is 1. The van der Waals surface area contributed by atoms with Gasteiger partial charge >= 0.3 is 0 Å². The number of benzene rings is 2. The molecule has 0 unspecified atom stereocenters. The maximum absolute atomic E-state index is 12.8. The van der Waals surface area contributed by atoms with Crippen LogP contribution in [0.4, 0.5) is 0 Å². The molecular weight excluding hydrogens is 461 g/mol. The van der Waals surface area contributed by atoms with Crippen LogP contribution in [0.25, 0.3) is 22.2 Å². The molecule has 0 aliphatic heterocycles. The number of para-hydroxylation sites is 1. The van der Waals surface area contributed by atoms with Crippen LogP contribution in [0.1, 0.15) is 22.3 Å². The van der Waals surface area contributed by atoms with Crippen molar-refractivity contribution in [2.75, 3.05) is 6.54 Å². The number of pyridine rings is 2. The highest BCUT2D eigenvalue weighted by Crippen LogP contribution is 2.28. The standard InChI is InChI=1S/C25H21Cl2N3O3/c1-30-21(17-8-2-6-16-7-4-11-28-22(16)17)14-18(23(31)25(30)33)24(32)29-12-3-5-15-9-10-19(26)20(27)13-15/h2,4,6-11,13-14,31H,3,5,12H2,1H3,(H,29,32). The van der Waals surface area contributed by atoms with Crippen molar-refractivity contribution in [3.8, 4) is 17.0 Å². The molecule has 168 valence electrons. The Balaban J connectivity index is 1.56. The number of hydrogen-bond donors (Lipinski definition) is 2. The third-order valence-electron chi connectivity index (χ3n) is 5.47. The van der Waals surface area contributed by atoms with Crippen LogP contribution in [0.15, 0.2) is 65.6 Å². The van der Waals surface area contributed by atoms with Crippen molar-refractivity contribution in [3.63, 3.8) is 0 Å². The molecule has 0 saturated heterocycles. The third kappa shape index (κ3) is 4.72. The van der Waals surface area contributed by atoms with Crippen LogP contribution in [0.2, 0.25) is 10.0 Å². The summed E-state index contributed by atoms with van der Waals surface area (Å²) in [6.45, 7) is 0.360. The van der Waals surface area contributed by atoms with Crippen LogP contribution in [0.3, 0.4) is 0 Å². The molecule has 0 aliphatic rings. The molecule has 1 amide bonds. The molecule has 33 heavy (non-hydrogen) atoms. The lowest BCUT2D eigenvalue weighted by Crippen LogP contribution is -2.28. The number of fused-ring (bicyclic) bond motifs is 1. The zero-order valence-electron chi connectivity index (χ0n) is 17.8. The Morgan fingerprint density at radius 1 is 1.09 bits per heavy atom. The van der Waals surface area contributed by atoms with Crippen molar-refractivity contribution in [2.24, 2.45) is 7.05 Å². The van der Waals surface area contributed by atoms with Crippen molar-refractivity contribution in [1.82, 2.24) is 14.9 Å². The lowest BCUT2D eigenvalue weighted by Gasteiger charge is -2.14. The van der Waals surface area contributed by atoms with Crippen molar-refractivity contribution >= 4 is 40.0 Å². The fourth-order valence-corrected chi connectivity index (χ4v) is 4.03. The molecule has 4 aromatic rings. The number of aromatic nitrogens is 2. The number of rotatable bonds is 6. The molecule has 0 radical (unpaired) electrons.